The van der Waals surface area contributed by atoms with Gasteiger partial charge in [0.1, 0.15) is 11.8 Å². The second-order valence-electron chi connectivity index (χ2n) is 7.72. The van der Waals surface area contributed by atoms with Crippen LogP contribution in [0.2, 0.25) is 0 Å². The minimum Gasteiger partial charge on any atom is -0.497 e. The third-order valence-electron chi connectivity index (χ3n) is 5.48. The van der Waals surface area contributed by atoms with E-state index >= 15 is 0 Å². The van der Waals surface area contributed by atoms with Gasteiger partial charge >= 0.3 is 0 Å². The van der Waals surface area contributed by atoms with Gasteiger partial charge in [0.15, 0.2) is 0 Å². The number of rotatable bonds is 10. The van der Waals surface area contributed by atoms with E-state index < -0.39 is 6.04 Å². The lowest BCUT2D eigenvalue weighted by molar-refractivity contribution is -0.141. The summed E-state index contributed by atoms with van der Waals surface area (Å²) < 4.78 is 5.33. The number of nitrogens with one attached hydrogen (secondary N) is 1. The molecule has 0 saturated heterocycles. The van der Waals surface area contributed by atoms with Crippen molar-refractivity contribution in [2.45, 2.75) is 65.6 Å². The van der Waals surface area contributed by atoms with Crippen molar-refractivity contribution in [1.82, 2.24) is 10.2 Å². The van der Waals surface area contributed by atoms with Crippen molar-refractivity contribution in [3.05, 3.63) is 65.2 Å². The Kier molecular flexibility index (Phi) is 8.90. The molecule has 0 fully saturated rings. The maximum atomic E-state index is 13.4. The molecule has 0 unspecified atom stereocenters. The van der Waals surface area contributed by atoms with Crippen molar-refractivity contribution in [3.8, 4) is 5.75 Å². The Bertz CT molecular complexity index is 850. The summed E-state index contributed by atoms with van der Waals surface area (Å²) in [5, 5.41) is 3.04. The first-order valence-corrected chi connectivity index (χ1v) is 10.7. The molecular weight excluding hydrogens is 376 g/mol. The summed E-state index contributed by atoms with van der Waals surface area (Å²) in [7, 11) is 1.62. The molecule has 0 aliphatic carbocycles. The molecule has 5 nitrogen and oxygen atoms in total. The van der Waals surface area contributed by atoms with E-state index in [-0.39, 0.29) is 24.3 Å². The number of hydrogen-bond acceptors (Lipinski definition) is 3. The standard InChI is InChI=1S/C25H34N2O3/c1-6-19(4)26-25(29)23(7-2)27(17-20-12-10-14-22(15-20)30-5)24(28)16-21-13-9-8-11-18(21)3/h8-15,19,23H,6-7,16-17H2,1-5H3,(H,26,29)/t19-,23+/m0/s1. The Morgan fingerprint density at radius 3 is 2.43 bits per heavy atom. The molecule has 0 radical (unpaired) electrons. The number of nitrogens with zero attached hydrogens (tertiary/aromatic N) is 1. The summed E-state index contributed by atoms with van der Waals surface area (Å²) in [6.07, 6.45) is 1.66. The van der Waals surface area contributed by atoms with Crippen LogP contribution in [0.4, 0.5) is 0 Å². The van der Waals surface area contributed by atoms with E-state index in [4.69, 9.17) is 4.74 Å². The molecule has 2 amide bonds. The van der Waals surface area contributed by atoms with Gasteiger partial charge in [-0.3, -0.25) is 9.59 Å². The first-order valence-electron chi connectivity index (χ1n) is 10.7. The molecular formula is C25H34N2O3. The summed E-state index contributed by atoms with van der Waals surface area (Å²) >= 11 is 0. The lowest BCUT2D eigenvalue weighted by Crippen LogP contribution is -2.51. The smallest absolute Gasteiger partial charge is 0.243 e. The number of amides is 2. The van der Waals surface area contributed by atoms with E-state index in [1.54, 1.807) is 12.0 Å². The highest BCUT2D eigenvalue weighted by Crippen LogP contribution is 2.19. The minimum absolute atomic E-state index is 0.0572. The first kappa shape index (κ1) is 23.5. The Morgan fingerprint density at radius 2 is 1.80 bits per heavy atom. The molecule has 2 aromatic rings. The van der Waals surface area contributed by atoms with Gasteiger partial charge in [-0.05, 0) is 55.5 Å². The number of aryl methyl sites for hydroxylation is 1. The van der Waals surface area contributed by atoms with E-state index in [1.807, 2.05) is 76.2 Å². The molecule has 0 saturated carbocycles. The van der Waals surface area contributed by atoms with Crippen LogP contribution in [0.1, 0.15) is 50.3 Å². The van der Waals surface area contributed by atoms with Gasteiger partial charge in [0.2, 0.25) is 11.8 Å². The number of ether oxygens (including phenoxy) is 1. The van der Waals surface area contributed by atoms with Crippen molar-refractivity contribution in [3.63, 3.8) is 0 Å². The molecule has 0 heterocycles. The fraction of sp³-hybridized carbons (Fsp3) is 0.440. The Hall–Kier alpha value is -2.82. The van der Waals surface area contributed by atoms with Crippen molar-refractivity contribution in [1.29, 1.82) is 0 Å². The molecule has 162 valence electrons. The van der Waals surface area contributed by atoms with Crippen LogP contribution >= 0.6 is 0 Å². The van der Waals surface area contributed by atoms with E-state index in [1.165, 1.54) is 0 Å². The van der Waals surface area contributed by atoms with Gasteiger partial charge in [0, 0.05) is 12.6 Å². The maximum absolute atomic E-state index is 13.4. The SMILES string of the molecule is CC[C@H](C(=O)N[C@@H](C)CC)N(Cc1cccc(OC)c1)C(=O)Cc1ccccc1C. The van der Waals surface area contributed by atoms with Gasteiger partial charge in [-0.1, -0.05) is 50.2 Å². The summed E-state index contributed by atoms with van der Waals surface area (Å²) in [6, 6.07) is 15.1. The topological polar surface area (TPSA) is 58.6 Å². The maximum Gasteiger partial charge on any atom is 0.243 e. The van der Waals surface area contributed by atoms with Crippen molar-refractivity contribution in [2.75, 3.05) is 7.11 Å². The normalized spacial score (nSPS) is 12.7. The molecule has 0 bridgehead atoms. The van der Waals surface area contributed by atoms with E-state index in [0.29, 0.717) is 13.0 Å². The zero-order chi connectivity index (χ0) is 22.1. The predicted octanol–water partition coefficient (Wildman–Crippen LogP) is 4.27. The first-order chi connectivity index (χ1) is 14.4. The van der Waals surface area contributed by atoms with Crippen molar-refractivity contribution < 1.29 is 14.3 Å². The fourth-order valence-corrected chi connectivity index (χ4v) is 3.40. The summed E-state index contributed by atoms with van der Waals surface area (Å²) in [5.41, 5.74) is 2.99. The molecule has 1 N–H and O–H groups in total. The third kappa shape index (κ3) is 6.34. The fourth-order valence-electron chi connectivity index (χ4n) is 3.40. The van der Waals surface area contributed by atoms with Gasteiger partial charge < -0.3 is 15.0 Å². The zero-order valence-corrected chi connectivity index (χ0v) is 18.8. The molecule has 0 aliphatic rings. The second kappa shape index (κ2) is 11.4. The molecule has 5 heteroatoms. The highest BCUT2D eigenvalue weighted by Gasteiger charge is 2.29. The molecule has 0 spiro atoms. The number of carbonyl (C=O) groups is 2. The number of benzene rings is 2. The van der Waals surface area contributed by atoms with E-state index in [0.717, 1.165) is 28.9 Å². The van der Waals surface area contributed by atoms with Gasteiger partial charge in [-0.15, -0.1) is 0 Å². The highest BCUT2D eigenvalue weighted by atomic mass is 16.5. The van der Waals surface area contributed by atoms with Crippen LogP contribution in [0, 0.1) is 6.92 Å². The molecule has 2 rings (SSSR count). The zero-order valence-electron chi connectivity index (χ0n) is 18.8. The summed E-state index contributed by atoms with van der Waals surface area (Å²) in [6.45, 7) is 8.31. The quantitative estimate of drug-likeness (QED) is 0.636. The van der Waals surface area contributed by atoms with Crippen LogP contribution in [0.25, 0.3) is 0 Å². The molecule has 0 aromatic heterocycles. The number of hydrogen-bond donors (Lipinski definition) is 1. The van der Waals surface area contributed by atoms with Crippen molar-refractivity contribution >= 4 is 11.8 Å². The number of carbonyl (C=O) groups excluding carboxylic acids is 2. The Balaban J connectivity index is 2.33. The van der Waals surface area contributed by atoms with Crippen LogP contribution in [-0.2, 0) is 22.6 Å². The lowest BCUT2D eigenvalue weighted by atomic mass is 10.0. The number of methoxy groups -OCH3 is 1. The second-order valence-corrected chi connectivity index (χ2v) is 7.72. The van der Waals surface area contributed by atoms with E-state index in [2.05, 4.69) is 5.32 Å². The Morgan fingerprint density at radius 1 is 1.07 bits per heavy atom. The Labute approximate surface area is 180 Å². The average Bonchev–Trinajstić information content (AvgIpc) is 2.75. The third-order valence-corrected chi connectivity index (χ3v) is 5.48. The molecule has 2 atom stereocenters. The molecule has 2 aromatic carbocycles. The largest absolute Gasteiger partial charge is 0.497 e. The van der Waals surface area contributed by atoms with Crippen LogP contribution in [0.15, 0.2) is 48.5 Å². The van der Waals surface area contributed by atoms with Crippen LogP contribution < -0.4 is 10.1 Å². The monoisotopic (exact) mass is 410 g/mol. The minimum atomic E-state index is -0.526. The highest BCUT2D eigenvalue weighted by molar-refractivity contribution is 5.88. The molecule has 30 heavy (non-hydrogen) atoms. The van der Waals surface area contributed by atoms with Gasteiger partial charge in [-0.2, -0.15) is 0 Å². The van der Waals surface area contributed by atoms with E-state index in [9.17, 15) is 9.59 Å². The van der Waals surface area contributed by atoms with Gasteiger partial charge in [0.25, 0.3) is 0 Å². The van der Waals surface area contributed by atoms with Gasteiger partial charge in [0.05, 0.1) is 13.5 Å². The van der Waals surface area contributed by atoms with Crippen LogP contribution in [-0.4, -0.2) is 35.9 Å². The lowest BCUT2D eigenvalue weighted by Gasteiger charge is -2.31. The van der Waals surface area contributed by atoms with Crippen molar-refractivity contribution in [2.24, 2.45) is 0 Å². The van der Waals surface area contributed by atoms with Crippen LogP contribution in [0.3, 0.4) is 0 Å². The van der Waals surface area contributed by atoms with Gasteiger partial charge in [-0.25, -0.2) is 0 Å². The molecule has 0 aliphatic heterocycles. The van der Waals surface area contributed by atoms with Crippen LogP contribution in [0.5, 0.6) is 5.75 Å². The summed E-state index contributed by atoms with van der Waals surface area (Å²) in [4.78, 5) is 28.1. The average molecular weight is 411 g/mol. The summed E-state index contributed by atoms with van der Waals surface area (Å²) in [5.74, 6) is 0.571. The predicted molar refractivity (Wildman–Crippen MR) is 120 cm³/mol.